The van der Waals surface area contributed by atoms with Crippen LogP contribution < -0.4 is 10.0 Å². The number of ether oxygens (including phenoxy) is 1. The Kier molecular flexibility index (Phi) is 9.51. The van der Waals surface area contributed by atoms with Crippen molar-refractivity contribution in [3.8, 4) is 0 Å². The van der Waals surface area contributed by atoms with Gasteiger partial charge in [-0.15, -0.1) is 0 Å². The molecule has 2 N–H and O–H groups in total. The molecule has 0 atom stereocenters. The maximum Gasteiger partial charge on any atom is 0.357 e. The summed E-state index contributed by atoms with van der Waals surface area (Å²) in [6, 6.07) is 17.6. The highest BCUT2D eigenvalue weighted by atomic mass is 32.2. The fourth-order valence-electron chi connectivity index (χ4n) is 3.43. The molecule has 0 unspecified atom stereocenters. The Morgan fingerprint density at radius 2 is 1.62 bits per heavy atom. The second kappa shape index (κ2) is 12.8. The van der Waals surface area contributed by atoms with E-state index in [-0.39, 0.29) is 27.8 Å². The Morgan fingerprint density at radius 1 is 0.892 bits per heavy atom. The highest BCUT2D eigenvalue weighted by molar-refractivity contribution is 7.90. The molecule has 37 heavy (non-hydrogen) atoms. The van der Waals surface area contributed by atoms with Crippen molar-refractivity contribution in [2.45, 2.75) is 44.1 Å². The first-order chi connectivity index (χ1) is 17.7. The highest BCUT2D eigenvalue weighted by Gasteiger charge is 2.21. The Morgan fingerprint density at radius 3 is 2.27 bits per heavy atom. The summed E-state index contributed by atoms with van der Waals surface area (Å²) < 4.78 is 32.9. The quantitative estimate of drug-likeness (QED) is 0.368. The van der Waals surface area contributed by atoms with E-state index in [1.165, 1.54) is 36.4 Å². The number of hydrogen-bond donors (Lipinski definition) is 2. The lowest BCUT2D eigenvalue weighted by molar-refractivity contribution is 0.0277. The van der Waals surface area contributed by atoms with Gasteiger partial charge in [-0.3, -0.25) is 9.59 Å². The number of pyridine rings is 1. The van der Waals surface area contributed by atoms with E-state index in [1.807, 2.05) is 48.9 Å². The summed E-state index contributed by atoms with van der Waals surface area (Å²) in [5.74, 6) is -1.98. The molecule has 1 aromatic heterocycles. The van der Waals surface area contributed by atoms with Crippen molar-refractivity contribution >= 4 is 27.8 Å². The molecule has 2 amide bonds. The van der Waals surface area contributed by atoms with Crippen molar-refractivity contribution in [2.75, 3.05) is 6.54 Å². The minimum atomic E-state index is -4.28. The average Bonchev–Trinajstić information content (AvgIpc) is 2.92. The summed E-state index contributed by atoms with van der Waals surface area (Å²) in [5.41, 5.74) is 1.16. The van der Waals surface area contributed by atoms with Gasteiger partial charge in [0.2, 0.25) is 0 Å². The van der Waals surface area contributed by atoms with Crippen molar-refractivity contribution in [1.29, 1.82) is 0 Å². The molecule has 0 saturated heterocycles. The van der Waals surface area contributed by atoms with Gasteiger partial charge >= 0.3 is 5.97 Å². The van der Waals surface area contributed by atoms with Crippen LogP contribution in [0.3, 0.4) is 0 Å². The Labute approximate surface area is 216 Å². The number of sulfonamides is 1. The van der Waals surface area contributed by atoms with Gasteiger partial charge in [0, 0.05) is 18.3 Å². The molecule has 0 fully saturated rings. The number of aromatic nitrogens is 1. The van der Waals surface area contributed by atoms with Crippen LogP contribution in [0, 0.1) is 0 Å². The fraction of sp³-hybridized carbons (Fsp3) is 0.259. The zero-order valence-electron chi connectivity index (χ0n) is 20.6. The number of benzene rings is 2. The number of rotatable bonds is 11. The van der Waals surface area contributed by atoms with E-state index in [0.29, 0.717) is 25.8 Å². The zero-order chi connectivity index (χ0) is 26.8. The molecule has 10 heteroatoms. The molecule has 2 aromatic carbocycles. The van der Waals surface area contributed by atoms with Gasteiger partial charge in [-0.2, -0.15) is 0 Å². The smallest absolute Gasteiger partial charge is 0.357 e. The van der Waals surface area contributed by atoms with Gasteiger partial charge in [0.15, 0.2) is 0 Å². The van der Waals surface area contributed by atoms with E-state index in [2.05, 4.69) is 10.3 Å². The molecular formula is C27H29N3O6S. The van der Waals surface area contributed by atoms with Crippen LogP contribution in [-0.4, -0.2) is 43.8 Å². The third-order valence-electron chi connectivity index (χ3n) is 5.59. The molecule has 9 nitrogen and oxygen atoms in total. The number of esters is 1. The normalized spacial score (nSPS) is 11.1. The van der Waals surface area contributed by atoms with Gasteiger partial charge in [0.1, 0.15) is 11.8 Å². The van der Waals surface area contributed by atoms with E-state index in [1.54, 1.807) is 0 Å². The standard InChI is InChI=1S/C27H29N3O6S/c1-3-22(4-2)36-27(33)24-14-13-21(18-29-24)26(32)30-37(34,35)23-12-8-11-20(17-23)25(31)28-16-15-19-9-6-5-7-10-19/h5-14,17-18,22H,3-4,15-16H2,1-2H3,(H,28,31)(H,30,32). The van der Waals surface area contributed by atoms with Crippen molar-refractivity contribution < 1.29 is 27.5 Å². The van der Waals surface area contributed by atoms with Crippen LogP contribution in [0.1, 0.15) is 63.5 Å². The van der Waals surface area contributed by atoms with E-state index in [9.17, 15) is 22.8 Å². The van der Waals surface area contributed by atoms with Gasteiger partial charge < -0.3 is 10.1 Å². The molecule has 0 spiro atoms. The first kappa shape index (κ1) is 27.5. The summed E-state index contributed by atoms with van der Waals surface area (Å²) in [6.45, 7) is 4.18. The van der Waals surface area contributed by atoms with E-state index in [4.69, 9.17) is 4.74 Å². The minimum Gasteiger partial charge on any atom is -0.458 e. The molecule has 0 aliphatic rings. The maximum absolute atomic E-state index is 12.8. The van der Waals surface area contributed by atoms with Crippen LogP contribution in [0.2, 0.25) is 0 Å². The molecule has 0 aliphatic carbocycles. The highest BCUT2D eigenvalue weighted by Crippen LogP contribution is 2.13. The maximum atomic E-state index is 12.8. The third-order valence-corrected chi connectivity index (χ3v) is 6.92. The molecule has 0 saturated carbocycles. The zero-order valence-corrected chi connectivity index (χ0v) is 21.5. The fourth-order valence-corrected chi connectivity index (χ4v) is 4.45. The Balaban J connectivity index is 1.62. The number of nitrogens with zero attached hydrogens (tertiary/aromatic N) is 1. The molecule has 3 rings (SSSR count). The van der Waals surface area contributed by atoms with E-state index < -0.39 is 27.8 Å². The summed E-state index contributed by atoms with van der Waals surface area (Å²) in [5, 5.41) is 2.76. The van der Waals surface area contributed by atoms with Crippen molar-refractivity contribution in [1.82, 2.24) is 15.0 Å². The van der Waals surface area contributed by atoms with Gasteiger partial charge in [0.05, 0.1) is 10.5 Å². The summed E-state index contributed by atoms with van der Waals surface area (Å²) in [6.07, 6.45) is 2.83. The molecule has 0 aliphatic heterocycles. The minimum absolute atomic E-state index is 0.0114. The number of hydrogen-bond acceptors (Lipinski definition) is 7. The Bertz CT molecular complexity index is 1340. The van der Waals surface area contributed by atoms with Crippen LogP contribution >= 0.6 is 0 Å². The third kappa shape index (κ3) is 7.71. The summed E-state index contributed by atoms with van der Waals surface area (Å²) in [7, 11) is -4.28. The second-order valence-corrected chi connectivity index (χ2v) is 9.91. The lowest BCUT2D eigenvalue weighted by Crippen LogP contribution is -2.31. The van der Waals surface area contributed by atoms with Gasteiger partial charge in [0.25, 0.3) is 21.8 Å². The first-order valence-corrected chi connectivity index (χ1v) is 13.4. The van der Waals surface area contributed by atoms with Crippen molar-refractivity contribution in [2.24, 2.45) is 0 Å². The lowest BCUT2D eigenvalue weighted by Gasteiger charge is -2.13. The molecule has 0 bridgehead atoms. The van der Waals surface area contributed by atoms with Crippen molar-refractivity contribution in [3.63, 3.8) is 0 Å². The summed E-state index contributed by atoms with van der Waals surface area (Å²) >= 11 is 0. The van der Waals surface area contributed by atoms with Crippen LogP contribution in [0.25, 0.3) is 0 Å². The molecule has 3 aromatic rings. The largest absolute Gasteiger partial charge is 0.458 e. The SMILES string of the molecule is CCC(CC)OC(=O)c1ccc(C(=O)NS(=O)(=O)c2cccc(C(=O)NCCc3ccccc3)c2)cn1. The average molecular weight is 524 g/mol. The molecular weight excluding hydrogens is 494 g/mol. The predicted molar refractivity (Wildman–Crippen MR) is 138 cm³/mol. The van der Waals surface area contributed by atoms with Crippen molar-refractivity contribution in [3.05, 3.63) is 95.3 Å². The first-order valence-electron chi connectivity index (χ1n) is 11.9. The van der Waals surface area contributed by atoms with Crippen LogP contribution in [-0.2, 0) is 21.2 Å². The number of nitrogens with one attached hydrogen (secondary N) is 2. The second-order valence-electron chi connectivity index (χ2n) is 8.23. The van der Waals surface area contributed by atoms with E-state index in [0.717, 1.165) is 11.8 Å². The van der Waals surface area contributed by atoms with Gasteiger partial charge in [-0.05, 0) is 55.2 Å². The number of carbonyl (C=O) groups is 3. The van der Waals surface area contributed by atoms with E-state index >= 15 is 0 Å². The number of carbonyl (C=O) groups excluding carboxylic acids is 3. The van der Waals surface area contributed by atoms with Crippen LogP contribution in [0.4, 0.5) is 0 Å². The topological polar surface area (TPSA) is 132 Å². The molecule has 0 radical (unpaired) electrons. The summed E-state index contributed by atoms with van der Waals surface area (Å²) in [4.78, 5) is 40.9. The predicted octanol–water partition coefficient (Wildman–Crippen LogP) is 3.52. The Hall–Kier alpha value is -4.05. The molecule has 1 heterocycles. The number of amides is 2. The molecule has 194 valence electrons. The lowest BCUT2D eigenvalue weighted by atomic mass is 10.1. The monoisotopic (exact) mass is 523 g/mol. The van der Waals surface area contributed by atoms with Gasteiger partial charge in [-0.1, -0.05) is 50.2 Å². The van der Waals surface area contributed by atoms with Crippen LogP contribution in [0.15, 0.2) is 77.8 Å². The van der Waals surface area contributed by atoms with Crippen LogP contribution in [0.5, 0.6) is 0 Å². The van der Waals surface area contributed by atoms with Gasteiger partial charge in [-0.25, -0.2) is 22.9 Å².